The summed E-state index contributed by atoms with van der Waals surface area (Å²) in [7, 11) is 0. The zero-order valence-electron chi connectivity index (χ0n) is 18.2. The summed E-state index contributed by atoms with van der Waals surface area (Å²) >= 11 is 0. The number of hydrogen-bond donors (Lipinski definition) is 2. The second-order valence-electron chi connectivity index (χ2n) is 7.72. The Hall–Kier alpha value is -5.00. The smallest absolute Gasteiger partial charge is 0.338 e. The van der Waals surface area contributed by atoms with Gasteiger partial charge < -0.3 is 10.3 Å². The normalized spacial score (nSPS) is 11.5. The number of rotatable bonds is 5. The first-order valence-electron chi connectivity index (χ1n) is 10.5. The minimum absolute atomic E-state index is 0.0813. The molecule has 0 atom stereocenters. The molecule has 2 aromatic heterocycles. The summed E-state index contributed by atoms with van der Waals surface area (Å²) in [5, 5.41) is 17.0. The number of anilines is 1. The SMILES string of the molecule is O=C(Nc1ccc(-c2nc3ccccc3[nH]2)cc1)c1cnn(-c2ccc([N+](=O)[O-])cc2)c1C(F)(F)F. The van der Waals surface area contributed by atoms with Gasteiger partial charge in [0.05, 0.1) is 33.4 Å². The minimum Gasteiger partial charge on any atom is -0.338 e. The molecule has 0 radical (unpaired) electrons. The highest BCUT2D eigenvalue weighted by molar-refractivity contribution is 6.05. The fraction of sp³-hybridized carbons (Fsp3) is 0.0417. The number of fused-ring (bicyclic) bond motifs is 1. The zero-order chi connectivity index (χ0) is 25.4. The Kier molecular flexibility index (Phi) is 5.47. The molecular formula is C24H15F3N6O3. The first-order valence-corrected chi connectivity index (χ1v) is 10.5. The van der Waals surface area contributed by atoms with Gasteiger partial charge in [-0.1, -0.05) is 12.1 Å². The third-order valence-corrected chi connectivity index (χ3v) is 5.39. The lowest BCUT2D eigenvalue weighted by atomic mass is 10.1. The van der Waals surface area contributed by atoms with E-state index >= 15 is 0 Å². The van der Waals surface area contributed by atoms with Crippen LogP contribution < -0.4 is 5.32 Å². The van der Waals surface area contributed by atoms with Crippen molar-refractivity contribution in [2.75, 3.05) is 5.32 Å². The Balaban J connectivity index is 1.41. The van der Waals surface area contributed by atoms with E-state index in [4.69, 9.17) is 0 Å². The number of non-ortho nitro benzene ring substituents is 1. The largest absolute Gasteiger partial charge is 0.434 e. The maximum Gasteiger partial charge on any atom is 0.434 e. The van der Waals surface area contributed by atoms with Crippen molar-refractivity contribution in [1.29, 1.82) is 0 Å². The van der Waals surface area contributed by atoms with Crippen molar-refractivity contribution in [3.05, 3.63) is 100 Å². The first kappa shape index (κ1) is 22.8. The van der Waals surface area contributed by atoms with Crippen LogP contribution in [-0.4, -0.2) is 30.6 Å². The number of carbonyl (C=O) groups excluding carboxylic acids is 1. The van der Waals surface area contributed by atoms with Crippen LogP contribution in [0.15, 0.2) is 79.0 Å². The maximum absolute atomic E-state index is 13.9. The average molecular weight is 492 g/mol. The number of aromatic nitrogens is 4. The molecule has 1 amide bonds. The fourth-order valence-electron chi connectivity index (χ4n) is 3.70. The molecule has 12 heteroatoms. The molecule has 2 N–H and O–H groups in total. The lowest BCUT2D eigenvalue weighted by Crippen LogP contribution is -2.20. The number of imidazole rings is 1. The molecule has 0 fully saturated rings. The van der Waals surface area contributed by atoms with E-state index in [-0.39, 0.29) is 17.1 Å². The lowest BCUT2D eigenvalue weighted by Gasteiger charge is -2.13. The third kappa shape index (κ3) is 4.27. The van der Waals surface area contributed by atoms with E-state index < -0.39 is 28.3 Å². The highest BCUT2D eigenvalue weighted by Crippen LogP contribution is 2.34. The number of nitro benzene ring substituents is 1. The van der Waals surface area contributed by atoms with Gasteiger partial charge in [0.2, 0.25) is 0 Å². The molecule has 2 heterocycles. The van der Waals surface area contributed by atoms with Crippen molar-refractivity contribution in [2.24, 2.45) is 0 Å². The first-order chi connectivity index (χ1) is 17.2. The number of aromatic amines is 1. The van der Waals surface area contributed by atoms with Crippen LogP contribution in [-0.2, 0) is 6.18 Å². The maximum atomic E-state index is 13.9. The van der Waals surface area contributed by atoms with Gasteiger partial charge in [-0.2, -0.15) is 18.3 Å². The van der Waals surface area contributed by atoms with Crippen molar-refractivity contribution >= 4 is 28.3 Å². The van der Waals surface area contributed by atoms with Gasteiger partial charge in [0.25, 0.3) is 11.6 Å². The van der Waals surface area contributed by atoms with E-state index in [0.29, 0.717) is 10.5 Å². The van der Waals surface area contributed by atoms with Crippen molar-refractivity contribution in [3.8, 4) is 17.1 Å². The van der Waals surface area contributed by atoms with E-state index in [2.05, 4.69) is 20.4 Å². The molecular weight excluding hydrogens is 477 g/mol. The number of nitrogens with zero attached hydrogens (tertiary/aromatic N) is 4. The van der Waals surface area contributed by atoms with Crippen molar-refractivity contribution < 1.29 is 22.9 Å². The number of hydrogen-bond acceptors (Lipinski definition) is 5. The van der Waals surface area contributed by atoms with Crippen molar-refractivity contribution in [2.45, 2.75) is 6.18 Å². The molecule has 0 unspecified atom stereocenters. The summed E-state index contributed by atoms with van der Waals surface area (Å²) in [6.45, 7) is 0. The summed E-state index contributed by atoms with van der Waals surface area (Å²) < 4.78 is 42.2. The van der Waals surface area contributed by atoms with Gasteiger partial charge >= 0.3 is 6.18 Å². The van der Waals surface area contributed by atoms with E-state index in [0.717, 1.165) is 47.1 Å². The van der Waals surface area contributed by atoms with Crippen LogP contribution in [0.25, 0.3) is 28.1 Å². The number of nitrogens with one attached hydrogen (secondary N) is 2. The van der Waals surface area contributed by atoms with Gasteiger partial charge in [0.1, 0.15) is 5.82 Å². The molecule has 180 valence electrons. The molecule has 0 saturated heterocycles. The number of H-pyrrole nitrogens is 1. The topological polar surface area (TPSA) is 119 Å². The summed E-state index contributed by atoms with van der Waals surface area (Å²) in [6, 6.07) is 18.3. The lowest BCUT2D eigenvalue weighted by molar-refractivity contribution is -0.384. The molecule has 36 heavy (non-hydrogen) atoms. The van der Waals surface area contributed by atoms with Crippen LogP contribution >= 0.6 is 0 Å². The molecule has 3 aromatic carbocycles. The Morgan fingerprint density at radius 2 is 1.69 bits per heavy atom. The molecule has 0 aliphatic carbocycles. The van der Waals surface area contributed by atoms with E-state index in [1.54, 1.807) is 24.3 Å². The Morgan fingerprint density at radius 3 is 2.33 bits per heavy atom. The predicted octanol–water partition coefficient (Wildman–Crippen LogP) is 5.59. The van der Waals surface area contributed by atoms with E-state index in [1.807, 2.05) is 24.3 Å². The second-order valence-corrected chi connectivity index (χ2v) is 7.72. The number of amides is 1. The van der Waals surface area contributed by atoms with E-state index in [9.17, 15) is 28.1 Å². The van der Waals surface area contributed by atoms with Gasteiger partial charge in [-0.05, 0) is 48.5 Å². The van der Waals surface area contributed by atoms with Crippen LogP contribution in [0.2, 0.25) is 0 Å². The van der Waals surface area contributed by atoms with Crippen LogP contribution in [0.3, 0.4) is 0 Å². The quantitative estimate of drug-likeness (QED) is 0.245. The second kappa shape index (κ2) is 8.65. The number of alkyl halides is 3. The average Bonchev–Trinajstić information content (AvgIpc) is 3.49. The number of halogens is 3. The van der Waals surface area contributed by atoms with Crippen LogP contribution in [0.4, 0.5) is 24.5 Å². The van der Waals surface area contributed by atoms with Gasteiger partial charge in [-0.3, -0.25) is 14.9 Å². The molecule has 0 spiro atoms. The van der Waals surface area contributed by atoms with Crippen LogP contribution in [0, 0.1) is 10.1 Å². The zero-order valence-corrected chi connectivity index (χ0v) is 18.2. The summed E-state index contributed by atoms with van der Waals surface area (Å²) in [6.07, 6.45) is -4.11. The molecule has 5 aromatic rings. The minimum atomic E-state index is -4.92. The standard InChI is InChI=1S/C24H15F3N6O3/c25-24(26,27)21-18(13-28-32(21)16-9-11-17(12-10-16)33(35)36)23(34)29-15-7-5-14(6-8-15)22-30-19-3-1-2-4-20(19)31-22/h1-13H,(H,29,34)(H,30,31). The highest BCUT2D eigenvalue weighted by Gasteiger charge is 2.40. The number of benzene rings is 3. The van der Waals surface area contributed by atoms with Gasteiger partial charge in [-0.15, -0.1) is 0 Å². The van der Waals surface area contributed by atoms with Gasteiger partial charge in [0, 0.05) is 23.4 Å². The summed E-state index contributed by atoms with van der Waals surface area (Å²) in [5.74, 6) is -0.398. The summed E-state index contributed by atoms with van der Waals surface area (Å²) in [5.41, 5.74) is 0.284. The van der Waals surface area contributed by atoms with E-state index in [1.165, 1.54) is 0 Å². The highest BCUT2D eigenvalue weighted by atomic mass is 19.4. The molecule has 0 bridgehead atoms. The third-order valence-electron chi connectivity index (χ3n) is 5.39. The molecule has 0 aliphatic rings. The fourth-order valence-corrected chi connectivity index (χ4v) is 3.70. The molecule has 9 nitrogen and oxygen atoms in total. The predicted molar refractivity (Wildman–Crippen MR) is 125 cm³/mol. The monoisotopic (exact) mass is 492 g/mol. The number of carbonyl (C=O) groups is 1. The van der Waals surface area contributed by atoms with Gasteiger partial charge in [-0.25, -0.2) is 9.67 Å². The Labute approximate surface area is 200 Å². The van der Waals surface area contributed by atoms with Crippen LogP contribution in [0.1, 0.15) is 16.1 Å². The van der Waals surface area contributed by atoms with Crippen molar-refractivity contribution in [3.63, 3.8) is 0 Å². The molecule has 0 saturated carbocycles. The van der Waals surface area contributed by atoms with Gasteiger partial charge in [0.15, 0.2) is 5.69 Å². The Bertz CT molecular complexity index is 1560. The Morgan fingerprint density at radius 1 is 1.00 bits per heavy atom. The molecule has 5 rings (SSSR count). The summed E-state index contributed by atoms with van der Waals surface area (Å²) in [4.78, 5) is 30.6. The molecule has 0 aliphatic heterocycles. The van der Waals surface area contributed by atoms with Crippen molar-refractivity contribution in [1.82, 2.24) is 19.7 Å². The number of nitro groups is 1. The number of para-hydroxylation sites is 2. The van der Waals surface area contributed by atoms with Crippen LogP contribution in [0.5, 0.6) is 0 Å².